The van der Waals surface area contributed by atoms with E-state index in [1.807, 2.05) is 6.07 Å². The van der Waals surface area contributed by atoms with Gasteiger partial charge in [-0.25, -0.2) is 9.97 Å². The lowest BCUT2D eigenvalue weighted by molar-refractivity contribution is 0.544. The van der Waals surface area contributed by atoms with Gasteiger partial charge in [-0.2, -0.15) is 0 Å². The lowest BCUT2D eigenvalue weighted by atomic mass is 10.1. The van der Waals surface area contributed by atoms with Gasteiger partial charge in [-0.15, -0.1) is 0 Å². The Morgan fingerprint density at radius 1 is 1.44 bits per heavy atom. The molecule has 1 saturated carbocycles. The predicted molar refractivity (Wildman–Crippen MR) is 65.2 cm³/mol. The van der Waals surface area contributed by atoms with Crippen molar-refractivity contribution >= 4 is 5.82 Å². The van der Waals surface area contributed by atoms with Crippen LogP contribution in [0, 0.1) is 5.92 Å². The van der Waals surface area contributed by atoms with Gasteiger partial charge in [0.15, 0.2) is 0 Å². The molecular weight excluding hydrogens is 200 g/mol. The molecule has 0 atom stereocenters. The summed E-state index contributed by atoms with van der Waals surface area (Å²) in [5, 5.41) is 0. The van der Waals surface area contributed by atoms with Crippen molar-refractivity contribution in [2.75, 3.05) is 18.5 Å². The SMILES string of the molecule is CN(CC1CCCC1)c1ccnc(CN)n1. The Hall–Kier alpha value is -1.16. The number of nitrogens with two attached hydrogens (primary N) is 1. The Balaban J connectivity index is 1.98. The molecule has 0 spiro atoms. The van der Waals surface area contributed by atoms with Crippen LogP contribution in [0.1, 0.15) is 31.5 Å². The van der Waals surface area contributed by atoms with Crippen molar-refractivity contribution in [1.29, 1.82) is 0 Å². The van der Waals surface area contributed by atoms with E-state index in [1.54, 1.807) is 6.20 Å². The smallest absolute Gasteiger partial charge is 0.144 e. The molecule has 0 saturated heterocycles. The van der Waals surface area contributed by atoms with Gasteiger partial charge in [0.05, 0.1) is 6.54 Å². The normalized spacial score (nSPS) is 16.6. The molecule has 0 aliphatic heterocycles. The Morgan fingerprint density at radius 2 is 2.19 bits per heavy atom. The van der Waals surface area contributed by atoms with E-state index in [9.17, 15) is 0 Å². The first-order valence-corrected chi connectivity index (χ1v) is 6.02. The van der Waals surface area contributed by atoms with Crippen molar-refractivity contribution in [2.24, 2.45) is 11.7 Å². The van der Waals surface area contributed by atoms with Crippen LogP contribution >= 0.6 is 0 Å². The molecule has 1 fully saturated rings. The fourth-order valence-electron chi connectivity index (χ4n) is 2.37. The molecule has 0 bridgehead atoms. The van der Waals surface area contributed by atoms with E-state index in [0.717, 1.165) is 24.1 Å². The zero-order valence-electron chi connectivity index (χ0n) is 9.89. The molecule has 88 valence electrons. The summed E-state index contributed by atoms with van der Waals surface area (Å²) in [4.78, 5) is 10.8. The van der Waals surface area contributed by atoms with Gasteiger partial charge < -0.3 is 10.6 Å². The zero-order valence-corrected chi connectivity index (χ0v) is 9.89. The van der Waals surface area contributed by atoms with Gasteiger partial charge in [0.2, 0.25) is 0 Å². The minimum Gasteiger partial charge on any atom is -0.359 e. The van der Waals surface area contributed by atoms with Crippen molar-refractivity contribution in [2.45, 2.75) is 32.2 Å². The fraction of sp³-hybridized carbons (Fsp3) is 0.667. The molecule has 1 aliphatic carbocycles. The number of rotatable bonds is 4. The van der Waals surface area contributed by atoms with Gasteiger partial charge in [0.1, 0.15) is 11.6 Å². The third-order valence-electron chi connectivity index (χ3n) is 3.27. The Kier molecular flexibility index (Phi) is 3.72. The highest BCUT2D eigenvalue weighted by Gasteiger charge is 2.17. The molecule has 1 aromatic heterocycles. The lowest BCUT2D eigenvalue weighted by Gasteiger charge is -2.22. The van der Waals surface area contributed by atoms with Crippen LogP contribution in [0.3, 0.4) is 0 Å². The average Bonchev–Trinajstić information content (AvgIpc) is 2.82. The maximum Gasteiger partial charge on any atom is 0.144 e. The maximum atomic E-state index is 5.54. The predicted octanol–water partition coefficient (Wildman–Crippen LogP) is 1.56. The Bertz CT molecular complexity index is 334. The molecule has 0 aromatic carbocycles. The topological polar surface area (TPSA) is 55.0 Å². The lowest BCUT2D eigenvalue weighted by Crippen LogP contribution is -2.25. The molecule has 16 heavy (non-hydrogen) atoms. The molecule has 4 heteroatoms. The van der Waals surface area contributed by atoms with Crippen LogP contribution in [0.25, 0.3) is 0 Å². The third-order valence-corrected chi connectivity index (χ3v) is 3.27. The second-order valence-corrected chi connectivity index (χ2v) is 4.57. The number of hydrogen-bond acceptors (Lipinski definition) is 4. The minimum atomic E-state index is 0.408. The van der Waals surface area contributed by atoms with E-state index in [0.29, 0.717) is 6.54 Å². The summed E-state index contributed by atoms with van der Waals surface area (Å²) in [5.41, 5.74) is 5.54. The fourth-order valence-corrected chi connectivity index (χ4v) is 2.37. The van der Waals surface area contributed by atoms with Gasteiger partial charge >= 0.3 is 0 Å². The quantitative estimate of drug-likeness (QED) is 0.836. The van der Waals surface area contributed by atoms with Gasteiger partial charge in [0.25, 0.3) is 0 Å². The summed E-state index contributed by atoms with van der Waals surface area (Å²) in [5.74, 6) is 2.54. The van der Waals surface area contributed by atoms with Crippen LogP contribution < -0.4 is 10.6 Å². The first-order valence-electron chi connectivity index (χ1n) is 6.02. The monoisotopic (exact) mass is 220 g/mol. The molecular formula is C12H20N4. The van der Waals surface area contributed by atoms with E-state index in [-0.39, 0.29) is 0 Å². The summed E-state index contributed by atoms with van der Waals surface area (Å²) in [7, 11) is 2.10. The molecule has 1 aromatic rings. The zero-order chi connectivity index (χ0) is 11.4. The van der Waals surface area contributed by atoms with Crippen LogP contribution in [-0.4, -0.2) is 23.6 Å². The molecule has 2 rings (SSSR count). The average molecular weight is 220 g/mol. The molecule has 1 aliphatic rings. The van der Waals surface area contributed by atoms with Crippen LogP contribution in [0.15, 0.2) is 12.3 Å². The minimum absolute atomic E-state index is 0.408. The molecule has 0 radical (unpaired) electrons. The molecule has 2 N–H and O–H groups in total. The molecule has 1 heterocycles. The van der Waals surface area contributed by atoms with Gasteiger partial charge in [0, 0.05) is 19.8 Å². The summed E-state index contributed by atoms with van der Waals surface area (Å²) in [6.07, 6.45) is 7.28. The number of anilines is 1. The van der Waals surface area contributed by atoms with E-state index in [2.05, 4.69) is 21.9 Å². The van der Waals surface area contributed by atoms with E-state index in [4.69, 9.17) is 5.73 Å². The first kappa shape index (κ1) is 11.3. The molecule has 0 unspecified atom stereocenters. The maximum absolute atomic E-state index is 5.54. The number of aromatic nitrogens is 2. The van der Waals surface area contributed by atoms with Gasteiger partial charge in [-0.3, -0.25) is 0 Å². The second kappa shape index (κ2) is 5.25. The van der Waals surface area contributed by atoms with Crippen LogP contribution in [0.4, 0.5) is 5.82 Å². The van der Waals surface area contributed by atoms with Crippen molar-refractivity contribution in [3.05, 3.63) is 18.1 Å². The van der Waals surface area contributed by atoms with Crippen molar-refractivity contribution in [1.82, 2.24) is 9.97 Å². The Labute approximate surface area is 96.9 Å². The Morgan fingerprint density at radius 3 is 2.88 bits per heavy atom. The molecule has 4 nitrogen and oxygen atoms in total. The highest BCUT2D eigenvalue weighted by Crippen LogP contribution is 2.26. The van der Waals surface area contributed by atoms with Crippen molar-refractivity contribution in [3.8, 4) is 0 Å². The standard InChI is InChI=1S/C12H20N4/c1-16(9-10-4-2-3-5-10)12-6-7-14-11(8-13)15-12/h6-7,10H,2-5,8-9,13H2,1H3. The summed E-state index contributed by atoms with van der Waals surface area (Å²) in [6, 6.07) is 1.95. The summed E-state index contributed by atoms with van der Waals surface area (Å²) in [6.45, 7) is 1.51. The third kappa shape index (κ3) is 2.70. The van der Waals surface area contributed by atoms with Crippen LogP contribution in [0.2, 0.25) is 0 Å². The van der Waals surface area contributed by atoms with Crippen LogP contribution in [-0.2, 0) is 6.54 Å². The van der Waals surface area contributed by atoms with Gasteiger partial charge in [-0.05, 0) is 24.8 Å². The molecule has 0 amide bonds. The highest BCUT2D eigenvalue weighted by molar-refractivity contribution is 5.36. The van der Waals surface area contributed by atoms with E-state index >= 15 is 0 Å². The van der Waals surface area contributed by atoms with Crippen molar-refractivity contribution in [3.63, 3.8) is 0 Å². The summed E-state index contributed by atoms with van der Waals surface area (Å²) >= 11 is 0. The number of hydrogen-bond donors (Lipinski definition) is 1. The summed E-state index contributed by atoms with van der Waals surface area (Å²) < 4.78 is 0. The highest BCUT2D eigenvalue weighted by atomic mass is 15.2. The second-order valence-electron chi connectivity index (χ2n) is 4.57. The van der Waals surface area contributed by atoms with Crippen LogP contribution in [0.5, 0.6) is 0 Å². The van der Waals surface area contributed by atoms with Gasteiger partial charge in [-0.1, -0.05) is 12.8 Å². The largest absolute Gasteiger partial charge is 0.359 e. The van der Waals surface area contributed by atoms with Crippen molar-refractivity contribution < 1.29 is 0 Å². The van der Waals surface area contributed by atoms with E-state index in [1.165, 1.54) is 25.7 Å². The first-order chi connectivity index (χ1) is 7.79. The number of nitrogens with zero attached hydrogens (tertiary/aromatic N) is 3. The van der Waals surface area contributed by atoms with E-state index < -0.39 is 0 Å².